The Morgan fingerprint density at radius 2 is 1.91 bits per heavy atom. The molecule has 3 aromatic rings. The van der Waals surface area contributed by atoms with Gasteiger partial charge in [0, 0.05) is 23.8 Å². The highest BCUT2D eigenvalue weighted by atomic mass is 32.2. The third-order valence-electron chi connectivity index (χ3n) is 5.90. The van der Waals surface area contributed by atoms with Gasteiger partial charge in [-0.15, -0.1) is 0 Å². The van der Waals surface area contributed by atoms with Crippen molar-refractivity contribution in [2.24, 2.45) is 5.92 Å². The maximum absolute atomic E-state index is 14.5. The fourth-order valence-electron chi connectivity index (χ4n) is 4.46. The second-order valence-corrected chi connectivity index (χ2v) is 10.7. The van der Waals surface area contributed by atoms with E-state index in [1.54, 1.807) is 18.2 Å². The van der Waals surface area contributed by atoms with Gasteiger partial charge in [0.25, 0.3) is 21.5 Å². The first-order valence-corrected chi connectivity index (χ1v) is 12.3. The molecular formula is C24H25FN4O4S. The van der Waals surface area contributed by atoms with Gasteiger partial charge in [-0.1, -0.05) is 19.1 Å². The maximum Gasteiger partial charge on any atom is 0.269 e. The van der Waals surface area contributed by atoms with Crippen LogP contribution in [0.5, 0.6) is 0 Å². The predicted molar refractivity (Wildman–Crippen MR) is 127 cm³/mol. The lowest BCUT2D eigenvalue weighted by Crippen LogP contribution is -2.41. The molecule has 2 aromatic heterocycles. The molecule has 0 bridgehead atoms. The highest BCUT2D eigenvalue weighted by Crippen LogP contribution is 2.38. The molecule has 1 aliphatic rings. The van der Waals surface area contributed by atoms with Gasteiger partial charge in [0.2, 0.25) is 0 Å². The summed E-state index contributed by atoms with van der Waals surface area (Å²) in [6.45, 7) is 6.69. The lowest BCUT2D eigenvalue weighted by atomic mass is 9.97. The zero-order chi connectivity index (χ0) is 24.7. The summed E-state index contributed by atoms with van der Waals surface area (Å²) in [7, 11) is -4.44. The first-order valence-electron chi connectivity index (χ1n) is 10.8. The second-order valence-electron chi connectivity index (χ2n) is 9.08. The predicted octanol–water partition coefficient (Wildman–Crippen LogP) is 3.32. The topological polar surface area (TPSA) is 112 Å². The number of aromatic nitrogens is 2. The number of H-pyrrole nitrogens is 1. The lowest BCUT2D eigenvalue weighted by molar-refractivity contribution is 0.0981. The lowest BCUT2D eigenvalue weighted by Gasteiger charge is -2.34. The molecule has 0 unspecified atom stereocenters. The van der Waals surface area contributed by atoms with Crippen LogP contribution in [0.1, 0.15) is 37.6 Å². The van der Waals surface area contributed by atoms with Crippen molar-refractivity contribution >= 4 is 21.7 Å². The van der Waals surface area contributed by atoms with Crippen LogP contribution in [0, 0.1) is 11.7 Å². The maximum atomic E-state index is 14.5. The number of benzene rings is 1. The molecule has 1 fully saturated rings. The molecule has 1 saturated heterocycles. The SMILES string of the molecule is C[C@@H]1CN(c2nc(-c3ccccc3F)ccc2C(=O)NS(=O)(=O)c2ccc[nH]c2=O)C(C)(C)C1. The molecule has 2 N–H and O–H groups in total. The Morgan fingerprint density at radius 1 is 1.18 bits per heavy atom. The number of carbonyl (C=O) groups is 1. The quantitative estimate of drug-likeness (QED) is 0.575. The molecule has 10 heteroatoms. The molecule has 0 radical (unpaired) electrons. The second kappa shape index (κ2) is 8.68. The number of halogens is 1. The summed E-state index contributed by atoms with van der Waals surface area (Å²) in [6, 6.07) is 11.5. The Labute approximate surface area is 196 Å². The van der Waals surface area contributed by atoms with Crippen LogP contribution in [0.2, 0.25) is 0 Å². The van der Waals surface area contributed by atoms with E-state index in [-0.39, 0.29) is 22.5 Å². The molecule has 0 saturated carbocycles. The number of anilines is 1. The number of carbonyl (C=O) groups excluding carboxylic acids is 1. The first-order chi connectivity index (χ1) is 16.0. The first kappa shape index (κ1) is 23.6. The van der Waals surface area contributed by atoms with E-state index in [9.17, 15) is 22.4 Å². The number of rotatable bonds is 5. The van der Waals surface area contributed by atoms with E-state index in [4.69, 9.17) is 0 Å². The smallest absolute Gasteiger partial charge is 0.269 e. The van der Waals surface area contributed by atoms with Crippen molar-refractivity contribution in [3.63, 3.8) is 0 Å². The monoisotopic (exact) mass is 484 g/mol. The van der Waals surface area contributed by atoms with Gasteiger partial charge in [-0.3, -0.25) is 9.59 Å². The van der Waals surface area contributed by atoms with Gasteiger partial charge >= 0.3 is 0 Å². The summed E-state index contributed by atoms with van der Waals surface area (Å²) in [6.07, 6.45) is 2.13. The summed E-state index contributed by atoms with van der Waals surface area (Å²) >= 11 is 0. The van der Waals surface area contributed by atoms with Crippen molar-refractivity contribution in [1.82, 2.24) is 14.7 Å². The van der Waals surface area contributed by atoms with Gasteiger partial charge in [0.15, 0.2) is 4.90 Å². The molecular weight excluding hydrogens is 459 g/mol. The van der Waals surface area contributed by atoms with Crippen LogP contribution in [0.4, 0.5) is 10.2 Å². The van der Waals surface area contributed by atoms with Crippen LogP contribution in [0.15, 0.2) is 64.4 Å². The molecule has 0 spiro atoms. The number of pyridine rings is 2. The average Bonchev–Trinajstić information content (AvgIpc) is 3.05. The van der Waals surface area contributed by atoms with Crippen molar-refractivity contribution in [3.8, 4) is 11.3 Å². The number of sulfonamides is 1. The molecule has 8 nitrogen and oxygen atoms in total. The minimum absolute atomic E-state index is 0.0122. The molecule has 1 atom stereocenters. The van der Waals surface area contributed by atoms with E-state index in [2.05, 4.69) is 16.9 Å². The Hall–Kier alpha value is -3.53. The highest BCUT2D eigenvalue weighted by molar-refractivity contribution is 7.90. The highest BCUT2D eigenvalue weighted by Gasteiger charge is 2.39. The molecule has 4 rings (SSSR count). The minimum atomic E-state index is -4.44. The fourth-order valence-corrected chi connectivity index (χ4v) is 5.48. The summed E-state index contributed by atoms with van der Waals surface area (Å²) in [5.74, 6) is -0.833. The molecule has 34 heavy (non-hydrogen) atoms. The Bertz CT molecular complexity index is 1420. The Morgan fingerprint density at radius 3 is 2.56 bits per heavy atom. The third kappa shape index (κ3) is 4.45. The van der Waals surface area contributed by atoms with E-state index >= 15 is 0 Å². The van der Waals surface area contributed by atoms with Crippen LogP contribution < -0.4 is 15.2 Å². The van der Waals surface area contributed by atoms with Crippen molar-refractivity contribution < 1.29 is 17.6 Å². The largest absolute Gasteiger partial charge is 0.351 e. The van der Waals surface area contributed by atoms with Crippen LogP contribution in [-0.4, -0.2) is 36.4 Å². The molecule has 3 heterocycles. The number of hydrogen-bond donors (Lipinski definition) is 2. The number of hydrogen-bond acceptors (Lipinski definition) is 6. The molecule has 0 aliphatic carbocycles. The van der Waals surface area contributed by atoms with Gasteiger partial charge in [-0.25, -0.2) is 22.5 Å². The van der Waals surface area contributed by atoms with Gasteiger partial charge in [0.1, 0.15) is 11.6 Å². The van der Waals surface area contributed by atoms with Gasteiger partial charge in [-0.05, 0) is 62.6 Å². The van der Waals surface area contributed by atoms with Crippen molar-refractivity contribution in [3.05, 3.63) is 76.5 Å². The van der Waals surface area contributed by atoms with E-state index in [0.717, 1.165) is 12.5 Å². The van der Waals surface area contributed by atoms with E-state index in [0.29, 0.717) is 18.2 Å². The minimum Gasteiger partial charge on any atom is -0.351 e. The average molecular weight is 485 g/mol. The van der Waals surface area contributed by atoms with Crippen LogP contribution >= 0.6 is 0 Å². The van der Waals surface area contributed by atoms with Crippen molar-refractivity contribution in [2.75, 3.05) is 11.4 Å². The van der Waals surface area contributed by atoms with E-state index in [1.165, 1.54) is 30.5 Å². The van der Waals surface area contributed by atoms with E-state index in [1.807, 2.05) is 23.5 Å². The third-order valence-corrected chi connectivity index (χ3v) is 7.25. The van der Waals surface area contributed by atoms with Crippen LogP contribution in [0.25, 0.3) is 11.3 Å². The number of aromatic amines is 1. The normalized spacial score (nSPS) is 17.5. The number of nitrogens with one attached hydrogen (secondary N) is 2. The fraction of sp³-hybridized carbons (Fsp3) is 0.292. The summed E-state index contributed by atoms with van der Waals surface area (Å²) in [4.78, 5) is 33.4. The standard InChI is InChI=1S/C24H25FN4O4S/c1-15-13-24(2,3)29(14-15)21-17(10-11-19(27-21)16-7-4-5-8-18(16)25)22(30)28-34(32,33)20-9-6-12-26-23(20)31/h4-12,15H,13-14H2,1-3H3,(H,26,31)(H,28,30)/t15-/m0/s1. The Balaban J connectivity index is 1.80. The van der Waals surface area contributed by atoms with Crippen molar-refractivity contribution in [2.45, 2.75) is 37.6 Å². The van der Waals surface area contributed by atoms with Crippen LogP contribution in [0.3, 0.4) is 0 Å². The number of amides is 1. The molecule has 178 valence electrons. The van der Waals surface area contributed by atoms with Gasteiger partial charge in [-0.2, -0.15) is 0 Å². The molecule has 1 aromatic carbocycles. The molecule has 1 aliphatic heterocycles. The Kier molecular flexibility index (Phi) is 6.03. The van der Waals surface area contributed by atoms with Gasteiger partial charge < -0.3 is 9.88 Å². The number of nitrogens with zero attached hydrogens (tertiary/aromatic N) is 2. The van der Waals surface area contributed by atoms with Crippen molar-refractivity contribution in [1.29, 1.82) is 0 Å². The summed E-state index contributed by atoms with van der Waals surface area (Å²) in [5.41, 5.74) is -0.611. The van der Waals surface area contributed by atoms with E-state index < -0.39 is 32.2 Å². The van der Waals surface area contributed by atoms with Crippen LogP contribution in [-0.2, 0) is 10.0 Å². The zero-order valence-electron chi connectivity index (χ0n) is 19.0. The zero-order valence-corrected chi connectivity index (χ0v) is 19.8. The molecule has 1 amide bonds. The summed E-state index contributed by atoms with van der Waals surface area (Å²) < 4.78 is 41.9. The summed E-state index contributed by atoms with van der Waals surface area (Å²) in [5, 5.41) is 0. The van der Waals surface area contributed by atoms with Gasteiger partial charge in [0.05, 0.1) is 11.3 Å².